The Morgan fingerprint density at radius 1 is 1.03 bits per heavy atom. The number of nitrogens with two attached hydrogens (primary N) is 1. The van der Waals surface area contributed by atoms with E-state index in [1.54, 1.807) is 18.6 Å². The van der Waals surface area contributed by atoms with Crippen LogP contribution < -0.4 is 11.2 Å². The molecule has 3 heterocycles. The van der Waals surface area contributed by atoms with E-state index >= 15 is 0 Å². The largest absolute Gasteiger partial charge is 0.326 e. The number of hydrazone groups is 1. The molecule has 0 saturated heterocycles. The summed E-state index contributed by atoms with van der Waals surface area (Å²) in [7, 11) is 0. The van der Waals surface area contributed by atoms with E-state index in [0.29, 0.717) is 18.4 Å². The number of anilines is 1. The molecule has 3 N–H and O–H groups in total. The molecule has 0 amide bonds. The Kier molecular flexibility index (Phi) is 6.32. The Morgan fingerprint density at radius 3 is 2.54 bits per heavy atom. The second kappa shape index (κ2) is 9.87. The van der Waals surface area contributed by atoms with Crippen LogP contribution in [0.3, 0.4) is 0 Å². The van der Waals surface area contributed by atoms with E-state index in [4.69, 9.17) is 10.7 Å². The van der Waals surface area contributed by atoms with Gasteiger partial charge in [0.05, 0.1) is 23.6 Å². The number of pyridine rings is 2. The molecule has 0 unspecified atom stereocenters. The maximum atomic E-state index is 5.80. The molecule has 0 spiro atoms. The molecular weight excluding hydrogens is 434 g/mol. The zero-order valence-electron chi connectivity index (χ0n) is 19.8. The van der Waals surface area contributed by atoms with Crippen LogP contribution in [0.1, 0.15) is 31.0 Å². The summed E-state index contributed by atoms with van der Waals surface area (Å²) in [6.07, 6.45) is 7.24. The minimum absolute atomic E-state index is 0.299. The van der Waals surface area contributed by atoms with Gasteiger partial charge in [-0.25, -0.2) is 9.97 Å². The van der Waals surface area contributed by atoms with Crippen molar-refractivity contribution in [1.29, 1.82) is 0 Å². The molecule has 3 aromatic heterocycles. The van der Waals surface area contributed by atoms with Gasteiger partial charge in [0.25, 0.3) is 0 Å². The number of rotatable bonds is 7. The van der Waals surface area contributed by atoms with Crippen LogP contribution in [0.2, 0.25) is 0 Å². The molecule has 2 aromatic carbocycles. The average Bonchev–Trinajstić information content (AvgIpc) is 3.38. The third kappa shape index (κ3) is 4.81. The highest BCUT2D eigenvalue weighted by atomic mass is 15.3. The number of nitrogens with one attached hydrogen (secondary N) is 1. The van der Waals surface area contributed by atoms with E-state index in [0.717, 1.165) is 44.4 Å². The molecule has 7 heteroatoms. The zero-order chi connectivity index (χ0) is 24.2. The topological polar surface area (TPSA) is 94.0 Å². The van der Waals surface area contributed by atoms with E-state index in [-0.39, 0.29) is 0 Å². The highest BCUT2D eigenvalue weighted by molar-refractivity contribution is 5.97. The number of hydrogen-bond donors (Lipinski definition) is 2. The molecule has 7 nitrogen and oxygen atoms in total. The van der Waals surface area contributed by atoms with Crippen molar-refractivity contribution in [3.63, 3.8) is 0 Å². The SMILES string of the molecule is CC(C)n1cc(/C=N/Nc2nccc3nc(-c4ccc(CN)cc4)c(-c4ccccc4)cc23)cn1. The predicted molar refractivity (Wildman–Crippen MR) is 142 cm³/mol. The zero-order valence-corrected chi connectivity index (χ0v) is 19.8. The van der Waals surface area contributed by atoms with Crippen molar-refractivity contribution >= 4 is 22.9 Å². The number of fused-ring (bicyclic) bond motifs is 1. The van der Waals surface area contributed by atoms with Crippen LogP contribution in [0.15, 0.2) is 90.4 Å². The van der Waals surface area contributed by atoms with Gasteiger partial charge in [-0.3, -0.25) is 10.1 Å². The first-order valence-electron chi connectivity index (χ1n) is 11.6. The number of benzene rings is 2. The van der Waals surface area contributed by atoms with E-state index in [2.05, 4.69) is 64.8 Å². The third-order valence-corrected chi connectivity index (χ3v) is 5.83. The van der Waals surface area contributed by atoms with Gasteiger partial charge in [-0.05, 0) is 37.1 Å². The summed E-state index contributed by atoms with van der Waals surface area (Å²) in [5, 5.41) is 9.65. The molecule has 0 bridgehead atoms. The van der Waals surface area contributed by atoms with Crippen LogP contribution in [0.25, 0.3) is 33.3 Å². The minimum atomic E-state index is 0.299. The second-order valence-electron chi connectivity index (χ2n) is 8.60. The van der Waals surface area contributed by atoms with Gasteiger partial charge in [0.2, 0.25) is 0 Å². The lowest BCUT2D eigenvalue weighted by molar-refractivity contribution is 0.532. The summed E-state index contributed by atoms with van der Waals surface area (Å²) in [5.41, 5.74) is 15.8. The smallest absolute Gasteiger partial charge is 0.155 e. The summed E-state index contributed by atoms with van der Waals surface area (Å²) in [6, 6.07) is 22.9. The van der Waals surface area contributed by atoms with Gasteiger partial charge >= 0.3 is 0 Å². The molecule has 0 aliphatic carbocycles. The van der Waals surface area contributed by atoms with Gasteiger partial charge in [0, 0.05) is 47.1 Å². The summed E-state index contributed by atoms with van der Waals surface area (Å²) in [6.45, 7) is 4.69. The van der Waals surface area contributed by atoms with Gasteiger partial charge < -0.3 is 5.73 Å². The van der Waals surface area contributed by atoms with E-state index in [9.17, 15) is 0 Å². The highest BCUT2D eigenvalue weighted by Crippen LogP contribution is 2.35. The summed E-state index contributed by atoms with van der Waals surface area (Å²) >= 11 is 0. The van der Waals surface area contributed by atoms with Gasteiger partial charge in [-0.15, -0.1) is 0 Å². The fourth-order valence-corrected chi connectivity index (χ4v) is 3.91. The number of aromatic nitrogens is 4. The first-order valence-corrected chi connectivity index (χ1v) is 11.6. The summed E-state index contributed by atoms with van der Waals surface area (Å²) in [4.78, 5) is 9.58. The standard InChI is InChI=1S/C28H27N7/c1-19(2)35-18-21(17-32-35)16-31-34-28-25-14-24(22-6-4-3-5-7-22)27(33-26(25)12-13-30-28)23-10-8-20(15-29)9-11-23/h3-14,16-19H,15,29H2,1-2H3,(H,30,34)/b31-16+. The van der Waals surface area contributed by atoms with Crippen LogP contribution in [0, 0.1) is 0 Å². The van der Waals surface area contributed by atoms with Crippen molar-refractivity contribution in [2.24, 2.45) is 10.8 Å². The normalized spacial score (nSPS) is 11.5. The molecule has 0 aliphatic heterocycles. The molecule has 0 aliphatic rings. The first kappa shape index (κ1) is 22.4. The fraction of sp³-hybridized carbons (Fsp3) is 0.143. The van der Waals surface area contributed by atoms with E-state index in [1.165, 1.54) is 0 Å². The summed E-state index contributed by atoms with van der Waals surface area (Å²) < 4.78 is 1.90. The van der Waals surface area contributed by atoms with Gasteiger partial charge in [0.1, 0.15) is 0 Å². The molecule has 0 atom stereocenters. The molecule has 5 aromatic rings. The Labute approximate surface area is 204 Å². The summed E-state index contributed by atoms with van der Waals surface area (Å²) in [5.74, 6) is 0.643. The molecule has 5 rings (SSSR count). The molecule has 0 radical (unpaired) electrons. The lowest BCUT2D eigenvalue weighted by Crippen LogP contribution is -2.00. The van der Waals surface area contributed by atoms with E-state index < -0.39 is 0 Å². The molecule has 35 heavy (non-hydrogen) atoms. The molecule has 0 fully saturated rings. The van der Waals surface area contributed by atoms with Crippen molar-refractivity contribution in [3.8, 4) is 22.4 Å². The maximum absolute atomic E-state index is 5.80. The number of hydrogen-bond acceptors (Lipinski definition) is 6. The third-order valence-electron chi connectivity index (χ3n) is 5.83. The highest BCUT2D eigenvalue weighted by Gasteiger charge is 2.14. The first-order chi connectivity index (χ1) is 17.1. The van der Waals surface area contributed by atoms with Crippen LogP contribution in [0.5, 0.6) is 0 Å². The van der Waals surface area contributed by atoms with Crippen LogP contribution in [0.4, 0.5) is 5.82 Å². The fourth-order valence-electron chi connectivity index (χ4n) is 3.91. The monoisotopic (exact) mass is 461 g/mol. The van der Waals surface area contributed by atoms with Crippen molar-refractivity contribution < 1.29 is 0 Å². The molecule has 174 valence electrons. The van der Waals surface area contributed by atoms with Crippen molar-refractivity contribution in [3.05, 3.63) is 96.4 Å². The van der Waals surface area contributed by atoms with Gasteiger partial charge in [-0.1, -0.05) is 54.6 Å². The Balaban J connectivity index is 1.56. The van der Waals surface area contributed by atoms with Crippen LogP contribution in [-0.4, -0.2) is 26.0 Å². The van der Waals surface area contributed by atoms with Crippen LogP contribution in [-0.2, 0) is 6.54 Å². The second-order valence-corrected chi connectivity index (χ2v) is 8.60. The van der Waals surface area contributed by atoms with Crippen molar-refractivity contribution in [2.45, 2.75) is 26.4 Å². The van der Waals surface area contributed by atoms with Crippen LogP contribution >= 0.6 is 0 Å². The molecule has 0 saturated carbocycles. The van der Waals surface area contributed by atoms with Gasteiger partial charge in [-0.2, -0.15) is 10.2 Å². The van der Waals surface area contributed by atoms with E-state index in [1.807, 2.05) is 47.3 Å². The lowest BCUT2D eigenvalue weighted by atomic mass is 9.97. The molecular formula is C28H27N7. The predicted octanol–water partition coefficient (Wildman–Crippen LogP) is 5.65. The Hall–Kier alpha value is -4.36. The minimum Gasteiger partial charge on any atom is -0.326 e. The average molecular weight is 462 g/mol. The Bertz CT molecular complexity index is 1470. The lowest BCUT2D eigenvalue weighted by Gasteiger charge is -2.13. The number of nitrogens with zero attached hydrogens (tertiary/aromatic N) is 5. The Morgan fingerprint density at radius 2 is 1.83 bits per heavy atom. The van der Waals surface area contributed by atoms with Crippen molar-refractivity contribution in [1.82, 2.24) is 19.7 Å². The van der Waals surface area contributed by atoms with Gasteiger partial charge in [0.15, 0.2) is 5.82 Å². The maximum Gasteiger partial charge on any atom is 0.155 e. The van der Waals surface area contributed by atoms with Crippen molar-refractivity contribution in [2.75, 3.05) is 5.43 Å². The quantitative estimate of drug-likeness (QED) is 0.241.